The summed E-state index contributed by atoms with van der Waals surface area (Å²) < 4.78 is 20.6. The molecule has 7 nitrogen and oxygen atoms in total. The monoisotopic (exact) mass is 643 g/mol. The van der Waals surface area contributed by atoms with Crippen LogP contribution in [0, 0.1) is 12.7 Å². The van der Waals surface area contributed by atoms with Crippen molar-refractivity contribution in [3.8, 4) is 5.75 Å². The van der Waals surface area contributed by atoms with E-state index >= 15 is 0 Å². The van der Waals surface area contributed by atoms with E-state index in [-0.39, 0.29) is 16.3 Å². The number of rotatable bonds is 9. The van der Waals surface area contributed by atoms with Gasteiger partial charge < -0.3 is 9.84 Å². The van der Waals surface area contributed by atoms with Crippen LogP contribution < -0.4 is 9.64 Å². The van der Waals surface area contributed by atoms with Crippen molar-refractivity contribution in [3.63, 3.8) is 0 Å². The molecule has 1 unspecified atom stereocenters. The number of carbonyl (C=O) groups is 2. The second-order valence-corrected chi connectivity index (χ2v) is 12.4. The van der Waals surface area contributed by atoms with Crippen LogP contribution in [0.4, 0.5) is 9.52 Å². The van der Waals surface area contributed by atoms with Crippen molar-refractivity contribution in [2.24, 2.45) is 0 Å². The Kier molecular flexibility index (Phi) is 9.17. The molecule has 1 amide bonds. The average Bonchev–Trinajstić information content (AvgIpc) is 3.54. The lowest BCUT2D eigenvalue weighted by Gasteiger charge is -2.22. The predicted molar refractivity (Wildman–Crippen MR) is 164 cm³/mol. The molecule has 0 bridgehead atoms. The molecule has 0 spiro atoms. The van der Waals surface area contributed by atoms with Gasteiger partial charge in [0.15, 0.2) is 4.34 Å². The molecule has 1 atom stereocenters. The van der Waals surface area contributed by atoms with E-state index in [4.69, 9.17) is 27.9 Å². The van der Waals surface area contributed by atoms with Gasteiger partial charge in [0, 0.05) is 21.4 Å². The molecule has 5 rings (SSSR count). The smallest absolute Gasteiger partial charge is 0.301 e. The van der Waals surface area contributed by atoms with Gasteiger partial charge in [0.1, 0.15) is 17.3 Å². The van der Waals surface area contributed by atoms with Crippen molar-refractivity contribution >= 4 is 68.9 Å². The van der Waals surface area contributed by atoms with Gasteiger partial charge in [-0.2, -0.15) is 0 Å². The number of hydrogen-bond acceptors (Lipinski definition) is 8. The van der Waals surface area contributed by atoms with Crippen molar-refractivity contribution in [1.82, 2.24) is 10.2 Å². The number of benzene rings is 3. The minimum atomic E-state index is -1.04. The number of Topliss-reactive ketones (excluding diaryl/α,β-unsaturated/α-hetero) is 1. The molecule has 0 saturated carbocycles. The molecule has 1 N–H and O–H groups in total. The first-order valence-corrected chi connectivity index (χ1v) is 15.4. The maximum absolute atomic E-state index is 14.4. The van der Waals surface area contributed by atoms with Gasteiger partial charge >= 0.3 is 5.91 Å². The van der Waals surface area contributed by atoms with E-state index in [1.165, 1.54) is 28.8 Å². The summed E-state index contributed by atoms with van der Waals surface area (Å²) in [6.07, 6.45) is 0.830. The molecule has 0 radical (unpaired) electrons. The van der Waals surface area contributed by atoms with E-state index in [1.807, 2.05) is 13.0 Å². The van der Waals surface area contributed by atoms with Crippen LogP contribution in [0.2, 0.25) is 10.0 Å². The highest BCUT2D eigenvalue weighted by atomic mass is 35.5. The van der Waals surface area contributed by atoms with Gasteiger partial charge in [-0.05, 0) is 60.4 Å². The van der Waals surface area contributed by atoms with E-state index in [0.29, 0.717) is 43.6 Å². The van der Waals surface area contributed by atoms with E-state index in [1.54, 1.807) is 43.3 Å². The highest BCUT2D eigenvalue weighted by Gasteiger charge is 2.48. The first-order valence-electron chi connectivity index (χ1n) is 12.9. The van der Waals surface area contributed by atoms with Gasteiger partial charge in [0.05, 0.1) is 18.2 Å². The minimum Gasteiger partial charge on any atom is -0.507 e. The molecule has 0 aliphatic carbocycles. The Bertz CT molecular complexity index is 1690. The normalized spacial score (nSPS) is 16.3. The molecule has 12 heteroatoms. The first kappa shape index (κ1) is 30.0. The fraction of sp³-hybridized carbons (Fsp3) is 0.200. The number of amides is 1. The molecular weight excluding hydrogens is 620 g/mol. The second-order valence-electron chi connectivity index (χ2n) is 9.43. The number of halogens is 3. The van der Waals surface area contributed by atoms with Crippen LogP contribution in [-0.4, -0.2) is 33.6 Å². The van der Waals surface area contributed by atoms with Gasteiger partial charge in [-0.1, -0.05) is 83.6 Å². The number of aliphatic hydroxyl groups excluding tert-OH is 1. The van der Waals surface area contributed by atoms with E-state index in [9.17, 15) is 19.1 Å². The number of nitrogens with zero attached hydrogens (tertiary/aromatic N) is 3. The van der Waals surface area contributed by atoms with Crippen molar-refractivity contribution in [2.45, 2.75) is 36.4 Å². The second kappa shape index (κ2) is 12.8. The Balaban J connectivity index is 1.53. The lowest BCUT2D eigenvalue weighted by molar-refractivity contribution is -0.132. The average molecular weight is 645 g/mol. The van der Waals surface area contributed by atoms with E-state index in [0.717, 1.165) is 29.4 Å². The number of ether oxygens (including phenoxy) is 1. The fourth-order valence-corrected chi connectivity index (χ4v) is 6.77. The molecule has 1 aromatic heterocycles. The highest BCUT2D eigenvalue weighted by Crippen LogP contribution is 2.44. The number of aliphatic hydroxyl groups is 1. The van der Waals surface area contributed by atoms with Gasteiger partial charge in [-0.3, -0.25) is 14.5 Å². The summed E-state index contributed by atoms with van der Waals surface area (Å²) in [5.74, 6) is -1.73. The maximum Gasteiger partial charge on any atom is 0.301 e. The van der Waals surface area contributed by atoms with E-state index < -0.39 is 29.3 Å². The summed E-state index contributed by atoms with van der Waals surface area (Å²) in [6.45, 7) is 4.11. The van der Waals surface area contributed by atoms with Crippen molar-refractivity contribution in [3.05, 3.63) is 104 Å². The summed E-state index contributed by atoms with van der Waals surface area (Å²) in [4.78, 5) is 28.1. The molecule has 1 aliphatic heterocycles. The number of aromatic nitrogens is 2. The topological polar surface area (TPSA) is 92.6 Å². The Labute approximate surface area is 259 Å². The fourth-order valence-electron chi connectivity index (χ4n) is 4.34. The summed E-state index contributed by atoms with van der Waals surface area (Å²) >= 11 is 14.8. The largest absolute Gasteiger partial charge is 0.507 e. The van der Waals surface area contributed by atoms with Crippen LogP contribution in [0.25, 0.3) is 5.76 Å². The highest BCUT2D eigenvalue weighted by molar-refractivity contribution is 8.00. The number of ketones is 1. The summed E-state index contributed by atoms with van der Waals surface area (Å²) in [5.41, 5.74) is 1.66. The lowest BCUT2D eigenvalue weighted by Crippen LogP contribution is -2.29. The summed E-state index contributed by atoms with van der Waals surface area (Å²) in [7, 11) is 0. The zero-order valence-electron chi connectivity index (χ0n) is 22.4. The van der Waals surface area contributed by atoms with Crippen molar-refractivity contribution in [2.75, 3.05) is 11.5 Å². The number of thioether (sulfide) groups is 1. The molecule has 3 aromatic carbocycles. The molecule has 42 heavy (non-hydrogen) atoms. The molecule has 1 fully saturated rings. The lowest BCUT2D eigenvalue weighted by atomic mass is 9.95. The van der Waals surface area contributed by atoms with Gasteiger partial charge in [-0.15, -0.1) is 10.2 Å². The minimum absolute atomic E-state index is 0.0809. The third-order valence-electron chi connectivity index (χ3n) is 6.53. The molecule has 1 aliphatic rings. The van der Waals surface area contributed by atoms with Crippen molar-refractivity contribution < 1.29 is 23.8 Å². The zero-order chi connectivity index (χ0) is 30.0. The molecule has 216 valence electrons. The molecule has 2 heterocycles. The van der Waals surface area contributed by atoms with Crippen LogP contribution in [0.1, 0.15) is 41.6 Å². The quantitative estimate of drug-likeness (QED) is 0.0649. The Hall–Kier alpha value is -3.44. The van der Waals surface area contributed by atoms with Crippen LogP contribution in [-0.2, 0) is 15.3 Å². The number of anilines is 1. The van der Waals surface area contributed by atoms with Crippen LogP contribution >= 0.6 is 46.3 Å². The molecule has 1 saturated heterocycles. The Morgan fingerprint density at radius 2 is 1.86 bits per heavy atom. The number of aryl methyl sites for hydroxylation is 1. The third-order valence-corrected chi connectivity index (χ3v) is 9.22. The van der Waals surface area contributed by atoms with Crippen molar-refractivity contribution in [1.29, 1.82) is 0 Å². The van der Waals surface area contributed by atoms with Crippen LogP contribution in [0.5, 0.6) is 5.75 Å². The molecule has 4 aromatic rings. The summed E-state index contributed by atoms with van der Waals surface area (Å²) in [6, 6.07) is 15.2. The number of carbonyl (C=O) groups excluding carboxylic acids is 2. The van der Waals surface area contributed by atoms with Crippen LogP contribution in [0.3, 0.4) is 0 Å². The van der Waals surface area contributed by atoms with E-state index in [2.05, 4.69) is 10.2 Å². The zero-order valence-corrected chi connectivity index (χ0v) is 25.6. The predicted octanol–water partition coefficient (Wildman–Crippen LogP) is 8.00. The van der Waals surface area contributed by atoms with Gasteiger partial charge in [-0.25, -0.2) is 4.39 Å². The molecular formula is C30H24Cl2FN3O4S2. The standard InChI is InChI=1S/C30H24Cl2FN3O4S2/c1-3-12-40-21-10-7-17(8-11-21)25-24(26(37)18-5-4-16(2)23(33)13-18)27(38)28(39)36(25)29-34-35-30(42-29)41-15-19-6-9-20(31)14-22(19)32/h4-11,13-14,25,37H,3,12,15H2,1-2H3/b26-24-. The first-order chi connectivity index (χ1) is 20.2. The Morgan fingerprint density at radius 1 is 1.10 bits per heavy atom. The summed E-state index contributed by atoms with van der Waals surface area (Å²) in [5, 5.41) is 20.9. The van der Waals surface area contributed by atoms with Gasteiger partial charge in [0.2, 0.25) is 5.13 Å². The SMILES string of the molecule is CCCOc1ccc(C2/C(=C(/O)c3ccc(C)c(F)c3)C(=O)C(=O)N2c2nnc(SCc3ccc(Cl)cc3Cl)s2)cc1. The van der Waals surface area contributed by atoms with Gasteiger partial charge in [0.25, 0.3) is 5.78 Å². The number of hydrogen-bond donors (Lipinski definition) is 1. The maximum atomic E-state index is 14.4. The third kappa shape index (κ3) is 6.17. The Morgan fingerprint density at radius 3 is 2.55 bits per heavy atom. The van der Waals surface area contributed by atoms with Crippen LogP contribution in [0.15, 0.2) is 70.6 Å².